The predicted molar refractivity (Wildman–Crippen MR) is 121 cm³/mol. The maximum absolute atomic E-state index is 12.8. The van der Waals surface area contributed by atoms with Crippen molar-refractivity contribution in [3.63, 3.8) is 0 Å². The summed E-state index contributed by atoms with van der Waals surface area (Å²) in [5.74, 6) is -1.67. The van der Waals surface area contributed by atoms with E-state index < -0.39 is 28.9 Å². The van der Waals surface area contributed by atoms with Crippen molar-refractivity contribution in [1.82, 2.24) is 10.2 Å². The summed E-state index contributed by atoms with van der Waals surface area (Å²) < 4.78 is 4.75. The van der Waals surface area contributed by atoms with Crippen molar-refractivity contribution in [2.24, 2.45) is 0 Å². The van der Waals surface area contributed by atoms with Gasteiger partial charge in [0.05, 0.1) is 24.5 Å². The van der Waals surface area contributed by atoms with E-state index in [0.29, 0.717) is 43.2 Å². The van der Waals surface area contributed by atoms with Crippen LogP contribution in [-0.4, -0.2) is 66.2 Å². The molecule has 1 saturated heterocycles. The highest BCUT2D eigenvalue weighted by atomic mass is 32.1. The monoisotopic (exact) mass is 476 g/mol. The molecule has 1 aromatic heterocycles. The molecule has 0 bridgehead atoms. The lowest BCUT2D eigenvalue weighted by molar-refractivity contribution is -0.384. The lowest BCUT2D eigenvalue weighted by Crippen LogP contribution is -2.35. The average Bonchev–Trinajstić information content (AvgIpc) is 3.22. The molecule has 2 heterocycles. The quantitative estimate of drug-likeness (QED) is 0.459. The van der Waals surface area contributed by atoms with E-state index in [1.807, 2.05) is 4.90 Å². The number of hydrogen-bond acceptors (Lipinski definition) is 8. The molecule has 33 heavy (non-hydrogen) atoms. The zero-order chi connectivity index (χ0) is 24.0. The third kappa shape index (κ3) is 5.98. The number of nitrogens with one attached hydrogen (secondary N) is 1. The number of carboxylic acid groups (broad SMARTS) is 1. The number of carbonyl (C=O) groups excluding carboxylic acids is 2. The Morgan fingerprint density at radius 3 is 2.67 bits per heavy atom. The van der Waals surface area contributed by atoms with Crippen molar-refractivity contribution >= 4 is 40.7 Å². The van der Waals surface area contributed by atoms with E-state index in [4.69, 9.17) is 4.74 Å². The SMILES string of the molecule is COC(=O)N1CCCN(c2ccc(C(=O)NC(CC(=O)O)c3cccs3)cc2[N+](=O)[O-])CC1. The fourth-order valence-corrected chi connectivity index (χ4v) is 4.45. The number of carboxylic acids is 1. The van der Waals surface area contributed by atoms with Gasteiger partial charge in [0.25, 0.3) is 11.6 Å². The van der Waals surface area contributed by atoms with Crippen LogP contribution in [0.25, 0.3) is 0 Å². The van der Waals surface area contributed by atoms with Gasteiger partial charge in [-0.05, 0) is 30.0 Å². The molecule has 3 rings (SSSR count). The maximum Gasteiger partial charge on any atom is 0.409 e. The Labute approximate surface area is 193 Å². The van der Waals surface area contributed by atoms with Crippen molar-refractivity contribution in [3.05, 3.63) is 56.3 Å². The number of amides is 2. The van der Waals surface area contributed by atoms with Crippen molar-refractivity contribution in [3.8, 4) is 0 Å². The van der Waals surface area contributed by atoms with Gasteiger partial charge in [-0.25, -0.2) is 4.79 Å². The molecule has 0 aliphatic carbocycles. The molecule has 0 saturated carbocycles. The topological polar surface area (TPSA) is 142 Å². The van der Waals surface area contributed by atoms with E-state index in [-0.39, 0.29) is 17.7 Å². The Morgan fingerprint density at radius 1 is 1.24 bits per heavy atom. The molecule has 1 aromatic carbocycles. The van der Waals surface area contributed by atoms with Crippen molar-refractivity contribution < 1.29 is 29.2 Å². The molecule has 1 aliphatic rings. The van der Waals surface area contributed by atoms with Crippen LogP contribution in [-0.2, 0) is 9.53 Å². The molecular weight excluding hydrogens is 452 g/mol. The third-order valence-corrected chi connectivity index (χ3v) is 6.26. The van der Waals surface area contributed by atoms with Crippen LogP contribution in [0, 0.1) is 10.1 Å². The lowest BCUT2D eigenvalue weighted by Gasteiger charge is -2.23. The van der Waals surface area contributed by atoms with Crippen molar-refractivity contribution in [1.29, 1.82) is 0 Å². The molecule has 2 aromatic rings. The van der Waals surface area contributed by atoms with Gasteiger partial charge in [0, 0.05) is 42.7 Å². The van der Waals surface area contributed by atoms with E-state index >= 15 is 0 Å². The molecule has 12 heteroatoms. The first-order valence-electron chi connectivity index (χ1n) is 10.2. The normalized spacial score (nSPS) is 14.8. The first-order valence-corrected chi connectivity index (χ1v) is 11.1. The van der Waals surface area contributed by atoms with Gasteiger partial charge >= 0.3 is 12.1 Å². The zero-order valence-corrected chi connectivity index (χ0v) is 18.7. The Bertz CT molecular complexity index is 1030. The van der Waals surface area contributed by atoms with Crippen LogP contribution in [0.2, 0.25) is 0 Å². The van der Waals surface area contributed by atoms with Crippen LogP contribution in [0.5, 0.6) is 0 Å². The van der Waals surface area contributed by atoms with Crippen molar-refractivity contribution in [2.75, 3.05) is 38.2 Å². The Kier molecular flexibility index (Phi) is 7.83. The second-order valence-corrected chi connectivity index (χ2v) is 8.38. The smallest absolute Gasteiger partial charge is 0.409 e. The number of nitro benzene ring substituents is 1. The minimum Gasteiger partial charge on any atom is -0.481 e. The number of aliphatic carboxylic acids is 1. The highest BCUT2D eigenvalue weighted by Crippen LogP contribution is 2.31. The van der Waals surface area contributed by atoms with Crippen LogP contribution in [0.3, 0.4) is 0 Å². The number of methoxy groups -OCH3 is 1. The molecule has 1 atom stereocenters. The molecule has 1 fully saturated rings. The first-order chi connectivity index (χ1) is 15.8. The molecule has 11 nitrogen and oxygen atoms in total. The fourth-order valence-electron chi connectivity index (χ4n) is 3.68. The van der Waals surface area contributed by atoms with Gasteiger partial charge < -0.3 is 25.0 Å². The van der Waals surface area contributed by atoms with E-state index in [9.17, 15) is 29.6 Å². The summed E-state index contributed by atoms with van der Waals surface area (Å²) in [6, 6.07) is 6.92. The van der Waals surface area contributed by atoms with Crippen LogP contribution in [0.1, 0.15) is 34.1 Å². The number of thiophene rings is 1. The van der Waals surface area contributed by atoms with Crippen LogP contribution < -0.4 is 10.2 Å². The van der Waals surface area contributed by atoms with Crippen LogP contribution >= 0.6 is 11.3 Å². The standard InChI is InChI=1S/C21H24N4O7S/c1-32-21(29)24-8-3-7-23(9-10-24)16-6-5-14(12-17(16)25(30)31)20(28)22-15(13-19(26)27)18-4-2-11-33-18/h2,4-6,11-12,15H,3,7-10,13H2,1H3,(H,22,28)(H,26,27). The Morgan fingerprint density at radius 2 is 2.03 bits per heavy atom. The lowest BCUT2D eigenvalue weighted by atomic mass is 10.1. The second-order valence-electron chi connectivity index (χ2n) is 7.40. The second kappa shape index (κ2) is 10.8. The van der Waals surface area contributed by atoms with Gasteiger partial charge in [-0.1, -0.05) is 6.07 Å². The van der Waals surface area contributed by atoms with Gasteiger partial charge in [-0.2, -0.15) is 0 Å². The summed E-state index contributed by atoms with van der Waals surface area (Å²) in [6.45, 7) is 1.70. The van der Waals surface area contributed by atoms with Gasteiger partial charge in [-0.15, -0.1) is 11.3 Å². The fraction of sp³-hybridized carbons (Fsp3) is 0.381. The molecule has 2 amide bonds. The molecule has 176 valence electrons. The van der Waals surface area contributed by atoms with E-state index in [1.54, 1.807) is 22.4 Å². The molecule has 2 N–H and O–H groups in total. The van der Waals surface area contributed by atoms with Crippen LogP contribution in [0.4, 0.5) is 16.2 Å². The summed E-state index contributed by atoms with van der Waals surface area (Å²) in [4.78, 5) is 51.1. The average molecular weight is 477 g/mol. The Balaban J connectivity index is 1.80. The van der Waals surface area contributed by atoms with Gasteiger partial charge in [0.1, 0.15) is 5.69 Å². The van der Waals surface area contributed by atoms with E-state index in [2.05, 4.69) is 5.32 Å². The van der Waals surface area contributed by atoms with E-state index in [1.165, 1.54) is 36.6 Å². The minimum atomic E-state index is -1.07. The molecule has 0 radical (unpaired) electrons. The number of ether oxygens (including phenoxy) is 1. The number of hydrogen-bond donors (Lipinski definition) is 2. The zero-order valence-electron chi connectivity index (χ0n) is 17.9. The maximum atomic E-state index is 12.8. The highest BCUT2D eigenvalue weighted by molar-refractivity contribution is 7.10. The summed E-state index contributed by atoms with van der Waals surface area (Å²) in [5.41, 5.74) is 0.173. The Hall–Kier alpha value is -3.67. The third-order valence-electron chi connectivity index (χ3n) is 5.27. The minimum absolute atomic E-state index is 0.0587. The van der Waals surface area contributed by atoms with Gasteiger partial charge in [0.2, 0.25) is 0 Å². The van der Waals surface area contributed by atoms with Crippen LogP contribution in [0.15, 0.2) is 35.7 Å². The number of rotatable bonds is 7. The molecule has 1 aliphatic heterocycles. The predicted octanol–water partition coefficient (Wildman–Crippen LogP) is 2.88. The number of nitrogens with zero attached hydrogens (tertiary/aromatic N) is 3. The summed E-state index contributed by atoms with van der Waals surface area (Å²) in [7, 11) is 1.30. The number of nitro groups is 1. The first kappa shape index (κ1) is 24.0. The summed E-state index contributed by atoms with van der Waals surface area (Å²) in [5, 5.41) is 25.4. The van der Waals surface area contributed by atoms with Gasteiger partial charge in [-0.3, -0.25) is 19.7 Å². The molecule has 0 spiro atoms. The van der Waals surface area contributed by atoms with E-state index in [0.717, 1.165) is 0 Å². The van der Waals surface area contributed by atoms with Gasteiger partial charge in [0.15, 0.2) is 0 Å². The summed E-state index contributed by atoms with van der Waals surface area (Å²) in [6.07, 6.45) is -0.150. The highest BCUT2D eigenvalue weighted by Gasteiger charge is 2.27. The molecular formula is C21H24N4O7S. The number of carbonyl (C=O) groups is 3. The number of anilines is 1. The van der Waals surface area contributed by atoms with Crippen molar-refractivity contribution in [2.45, 2.75) is 18.9 Å². The number of benzene rings is 1. The largest absolute Gasteiger partial charge is 0.481 e. The molecule has 1 unspecified atom stereocenters. The summed E-state index contributed by atoms with van der Waals surface area (Å²) >= 11 is 1.32.